The van der Waals surface area contributed by atoms with E-state index in [0.29, 0.717) is 0 Å². The maximum atomic E-state index is 11.9. The number of likely N-dealkylation sites (tertiary alicyclic amines) is 1. The van der Waals surface area contributed by atoms with Crippen molar-refractivity contribution in [2.24, 2.45) is 0 Å². The topological polar surface area (TPSA) is 32.3 Å². The van der Waals surface area contributed by atoms with E-state index in [4.69, 9.17) is 0 Å². The molecule has 1 N–H and O–H groups in total. The van der Waals surface area contributed by atoms with Gasteiger partial charge in [-0.15, -0.1) is 0 Å². The second-order valence-electron chi connectivity index (χ2n) is 4.17. The van der Waals surface area contributed by atoms with Crippen molar-refractivity contribution < 1.29 is 18.0 Å². The SMILES string of the molecule is CCC1CCC(C)N1C(=O)NCC(F)(F)F. The Hall–Kier alpha value is -0.940. The van der Waals surface area contributed by atoms with Gasteiger partial charge < -0.3 is 10.2 Å². The molecule has 6 heteroatoms. The molecule has 3 nitrogen and oxygen atoms in total. The molecule has 1 fully saturated rings. The van der Waals surface area contributed by atoms with Crippen LogP contribution in [0.2, 0.25) is 0 Å². The summed E-state index contributed by atoms with van der Waals surface area (Å²) in [6.07, 6.45) is -1.83. The summed E-state index contributed by atoms with van der Waals surface area (Å²) in [5.41, 5.74) is 0. The Balaban J connectivity index is 2.52. The molecule has 94 valence electrons. The zero-order chi connectivity index (χ0) is 12.3. The molecular weight excluding hydrogens is 221 g/mol. The Morgan fingerprint density at radius 1 is 1.44 bits per heavy atom. The largest absolute Gasteiger partial charge is 0.405 e. The van der Waals surface area contributed by atoms with Gasteiger partial charge in [0.25, 0.3) is 0 Å². The molecule has 0 aromatic heterocycles. The van der Waals surface area contributed by atoms with E-state index in [9.17, 15) is 18.0 Å². The van der Waals surface area contributed by atoms with Crippen LogP contribution in [0.3, 0.4) is 0 Å². The lowest BCUT2D eigenvalue weighted by Gasteiger charge is -2.28. The molecule has 0 aliphatic carbocycles. The summed E-state index contributed by atoms with van der Waals surface area (Å²) in [5.74, 6) is 0. The first kappa shape index (κ1) is 13.1. The third kappa shape index (κ3) is 3.28. The number of rotatable bonds is 2. The van der Waals surface area contributed by atoms with Crippen LogP contribution in [0, 0.1) is 0 Å². The van der Waals surface area contributed by atoms with Crippen LogP contribution in [0.25, 0.3) is 0 Å². The van der Waals surface area contributed by atoms with E-state index in [1.165, 1.54) is 4.90 Å². The summed E-state index contributed by atoms with van der Waals surface area (Å²) < 4.78 is 35.8. The van der Waals surface area contributed by atoms with Crippen molar-refractivity contribution in [2.45, 2.75) is 51.4 Å². The second kappa shape index (κ2) is 4.93. The van der Waals surface area contributed by atoms with Crippen LogP contribution in [-0.4, -0.2) is 35.7 Å². The monoisotopic (exact) mass is 238 g/mol. The molecule has 1 saturated heterocycles. The van der Waals surface area contributed by atoms with Crippen molar-refractivity contribution in [1.29, 1.82) is 0 Å². The van der Waals surface area contributed by atoms with Crippen LogP contribution in [0.1, 0.15) is 33.1 Å². The van der Waals surface area contributed by atoms with Gasteiger partial charge in [-0.1, -0.05) is 6.92 Å². The quantitative estimate of drug-likeness (QED) is 0.787. The van der Waals surface area contributed by atoms with E-state index in [2.05, 4.69) is 0 Å². The second-order valence-corrected chi connectivity index (χ2v) is 4.17. The molecule has 16 heavy (non-hydrogen) atoms. The van der Waals surface area contributed by atoms with Crippen molar-refractivity contribution in [1.82, 2.24) is 10.2 Å². The molecule has 1 rings (SSSR count). The minimum absolute atomic E-state index is 0.0261. The van der Waals surface area contributed by atoms with Crippen LogP contribution in [-0.2, 0) is 0 Å². The number of alkyl halides is 3. The molecule has 0 radical (unpaired) electrons. The van der Waals surface area contributed by atoms with Gasteiger partial charge in [-0.25, -0.2) is 4.79 Å². The van der Waals surface area contributed by atoms with Crippen molar-refractivity contribution in [3.63, 3.8) is 0 Å². The lowest BCUT2D eigenvalue weighted by Crippen LogP contribution is -2.48. The van der Waals surface area contributed by atoms with E-state index < -0.39 is 18.8 Å². The number of hydrogen-bond acceptors (Lipinski definition) is 1. The van der Waals surface area contributed by atoms with Gasteiger partial charge in [-0.2, -0.15) is 13.2 Å². The van der Waals surface area contributed by atoms with Gasteiger partial charge in [0.05, 0.1) is 0 Å². The number of amides is 2. The van der Waals surface area contributed by atoms with Crippen molar-refractivity contribution in [2.75, 3.05) is 6.54 Å². The molecule has 0 spiro atoms. The number of carbonyl (C=O) groups is 1. The number of nitrogens with zero attached hydrogens (tertiary/aromatic N) is 1. The molecule has 0 aromatic rings. The number of halogens is 3. The molecule has 2 atom stereocenters. The van der Waals surface area contributed by atoms with Crippen molar-refractivity contribution in [3.05, 3.63) is 0 Å². The van der Waals surface area contributed by atoms with Gasteiger partial charge in [-0.05, 0) is 26.2 Å². The zero-order valence-corrected chi connectivity index (χ0v) is 9.47. The number of urea groups is 1. The maximum absolute atomic E-state index is 11.9. The molecule has 1 aliphatic rings. The highest BCUT2D eigenvalue weighted by Gasteiger charge is 2.35. The van der Waals surface area contributed by atoms with Crippen LogP contribution < -0.4 is 5.32 Å². The third-order valence-electron chi connectivity index (χ3n) is 2.93. The third-order valence-corrected chi connectivity index (χ3v) is 2.93. The van der Waals surface area contributed by atoms with Gasteiger partial charge in [-0.3, -0.25) is 0 Å². The molecule has 1 heterocycles. The predicted octanol–water partition coefficient (Wildman–Crippen LogP) is 2.52. The average Bonchev–Trinajstić information content (AvgIpc) is 2.55. The fourth-order valence-corrected chi connectivity index (χ4v) is 2.11. The van der Waals surface area contributed by atoms with E-state index in [0.717, 1.165) is 19.3 Å². The average molecular weight is 238 g/mol. The molecule has 0 aromatic carbocycles. The van der Waals surface area contributed by atoms with E-state index in [1.807, 2.05) is 19.2 Å². The molecule has 2 unspecified atom stereocenters. The summed E-state index contributed by atoms with van der Waals surface area (Å²) >= 11 is 0. The van der Waals surface area contributed by atoms with Crippen LogP contribution in [0.15, 0.2) is 0 Å². The Morgan fingerprint density at radius 3 is 2.56 bits per heavy atom. The van der Waals surface area contributed by atoms with E-state index >= 15 is 0 Å². The highest BCUT2D eigenvalue weighted by atomic mass is 19.4. The lowest BCUT2D eigenvalue weighted by molar-refractivity contribution is -0.123. The van der Waals surface area contributed by atoms with Gasteiger partial charge in [0.1, 0.15) is 6.54 Å². The molecular formula is C10H17F3N2O. The fraction of sp³-hybridized carbons (Fsp3) is 0.900. The Kier molecular flexibility index (Phi) is 4.04. The minimum atomic E-state index is -4.35. The molecule has 0 saturated carbocycles. The van der Waals surface area contributed by atoms with Crippen LogP contribution in [0.5, 0.6) is 0 Å². The van der Waals surface area contributed by atoms with Gasteiger partial charge in [0.2, 0.25) is 0 Å². The van der Waals surface area contributed by atoms with Crippen LogP contribution in [0.4, 0.5) is 18.0 Å². The van der Waals surface area contributed by atoms with Crippen molar-refractivity contribution in [3.8, 4) is 0 Å². The summed E-state index contributed by atoms with van der Waals surface area (Å²) in [6.45, 7) is 2.54. The maximum Gasteiger partial charge on any atom is 0.405 e. The molecule has 1 aliphatic heterocycles. The predicted molar refractivity (Wildman–Crippen MR) is 54.1 cm³/mol. The van der Waals surface area contributed by atoms with Gasteiger partial charge >= 0.3 is 12.2 Å². The first-order chi connectivity index (χ1) is 7.35. The lowest BCUT2D eigenvalue weighted by atomic mass is 10.2. The first-order valence-electron chi connectivity index (χ1n) is 5.48. The standard InChI is InChI=1S/C10H17F3N2O/c1-3-8-5-4-7(2)15(8)9(16)14-6-10(11,12)13/h7-8H,3-6H2,1-2H3,(H,14,16). The Morgan fingerprint density at radius 2 is 2.06 bits per heavy atom. The summed E-state index contributed by atoms with van der Waals surface area (Å²) in [5, 5.41) is 1.92. The summed E-state index contributed by atoms with van der Waals surface area (Å²) in [6, 6.07) is -0.504. The van der Waals surface area contributed by atoms with E-state index in [-0.39, 0.29) is 12.1 Å². The molecule has 2 amide bonds. The highest BCUT2D eigenvalue weighted by molar-refractivity contribution is 5.75. The summed E-state index contributed by atoms with van der Waals surface area (Å²) in [7, 11) is 0. The first-order valence-corrected chi connectivity index (χ1v) is 5.48. The van der Waals surface area contributed by atoms with Gasteiger partial charge in [0, 0.05) is 12.1 Å². The minimum Gasteiger partial charge on any atom is -0.329 e. The number of nitrogens with one attached hydrogen (secondary N) is 1. The summed E-state index contributed by atoms with van der Waals surface area (Å²) in [4.78, 5) is 13.1. The number of hydrogen-bond donors (Lipinski definition) is 1. The normalized spacial score (nSPS) is 25.9. The highest BCUT2D eigenvalue weighted by Crippen LogP contribution is 2.26. The molecule has 0 bridgehead atoms. The fourth-order valence-electron chi connectivity index (χ4n) is 2.11. The van der Waals surface area contributed by atoms with Crippen LogP contribution >= 0.6 is 0 Å². The Bertz CT molecular complexity index is 255. The smallest absolute Gasteiger partial charge is 0.329 e. The van der Waals surface area contributed by atoms with E-state index in [1.54, 1.807) is 0 Å². The number of carbonyl (C=O) groups excluding carboxylic acids is 1. The van der Waals surface area contributed by atoms with Gasteiger partial charge in [0.15, 0.2) is 0 Å². The zero-order valence-electron chi connectivity index (χ0n) is 9.47. The Labute approximate surface area is 93.0 Å². The van der Waals surface area contributed by atoms with Crippen molar-refractivity contribution >= 4 is 6.03 Å².